The molecule has 90 valence electrons. The van der Waals surface area contributed by atoms with Crippen LogP contribution in [0.2, 0.25) is 0 Å². The number of hydrogen-bond donors (Lipinski definition) is 1. The lowest BCUT2D eigenvalue weighted by Crippen LogP contribution is -2.14. The summed E-state index contributed by atoms with van der Waals surface area (Å²) < 4.78 is 10.7. The molecule has 1 saturated heterocycles. The van der Waals surface area contributed by atoms with Gasteiger partial charge < -0.3 is 14.5 Å². The van der Waals surface area contributed by atoms with Gasteiger partial charge in [-0.3, -0.25) is 0 Å². The van der Waals surface area contributed by atoms with Crippen LogP contribution in [0.1, 0.15) is 24.3 Å². The quantitative estimate of drug-likeness (QED) is 0.865. The number of methoxy groups -OCH3 is 1. The van der Waals surface area contributed by atoms with Crippen molar-refractivity contribution in [2.45, 2.75) is 18.8 Å². The maximum absolute atomic E-state index is 5.41. The van der Waals surface area contributed by atoms with Gasteiger partial charge in [0.15, 0.2) is 0 Å². The van der Waals surface area contributed by atoms with Crippen LogP contribution in [0, 0.1) is 0 Å². The van der Waals surface area contributed by atoms with Crippen LogP contribution in [0.25, 0.3) is 11.0 Å². The zero-order chi connectivity index (χ0) is 11.7. The van der Waals surface area contributed by atoms with Crippen molar-refractivity contribution in [2.24, 2.45) is 0 Å². The number of benzene rings is 1. The van der Waals surface area contributed by atoms with E-state index in [1.54, 1.807) is 13.4 Å². The second-order valence-corrected chi connectivity index (χ2v) is 4.37. The summed E-state index contributed by atoms with van der Waals surface area (Å²) in [6, 6.07) is 4.16. The molecule has 1 aliphatic rings. The molecule has 1 aromatic heterocycles. The first-order chi connectivity index (χ1) is 8.40. The number of nitrogens with zero attached hydrogens (tertiary/aromatic N) is 1. The topological polar surface area (TPSA) is 47.1 Å². The van der Waals surface area contributed by atoms with Gasteiger partial charge in [0.1, 0.15) is 11.3 Å². The number of H-pyrrole nitrogens is 1. The van der Waals surface area contributed by atoms with Crippen molar-refractivity contribution in [3.05, 3.63) is 24.0 Å². The molecule has 0 atom stereocenters. The summed E-state index contributed by atoms with van der Waals surface area (Å²) in [7, 11) is 1.68. The second-order valence-electron chi connectivity index (χ2n) is 4.37. The first-order valence-corrected chi connectivity index (χ1v) is 5.98. The van der Waals surface area contributed by atoms with Gasteiger partial charge in [0, 0.05) is 13.2 Å². The van der Waals surface area contributed by atoms with Crippen LogP contribution in [-0.2, 0) is 4.74 Å². The molecule has 3 rings (SSSR count). The van der Waals surface area contributed by atoms with E-state index in [9.17, 15) is 0 Å². The van der Waals surface area contributed by atoms with Crippen LogP contribution in [0.15, 0.2) is 18.5 Å². The van der Waals surface area contributed by atoms with Gasteiger partial charge in [0.25, 0.3) is 0 Å². The highest BCUT2D eigenvalue weighted by atomic mass is 16.5. The Morgan fingerprint density at radius 2 is 2.18 bits per heavy atom. The Hall–Kier alpha value is -1.55. The summed E-state index contributed by atoms with van der Waals surface area (Å²) >= 11 is 0. The van der Waals surface area contributed by atoms with Crippen LogP contribution in [-0.4, -0.2) is 30.3 Å². The molecule has 0 radical (unpaired) electrons. The minimum absolute atomic E-state index is 0.556. The third-order valence-corrected chi connectivity index (χ3v) is 3.45. The van der Waals surface area contributed by atoms with Gasteiger partial charge in [-0.05, 0) is 30.4 Å². The molecule has 0 saturated carbocycles. The highest BCUT2D eigenvalue weighted by Gasteiger charge is 2.20. The van der Waals surface area contributed by atoms with E-state index >= 15 is 0 Å². The van der Waals surface area contributed by atoms with Gasteiger partial charge in [-0.25, -0.2) is 4.98 Å². The third kappa shape index (κ3) is 1.78. The summed E-state index contributed by atoms with van der Waals surface area (Å²) in [4.78, 5) is 7.58. The lowest BCUT2D eigenvalue weighted by molar-refractivity contribution is 0.0856. The van der Waals surface area contributed by atoms with Gasteiger partial charge in [0.2, 0.25) is 0 Å². The van der Waals surface area contributed by atoms with Crippen molar-refractivity contribution in [3.8, 4) is 5.75 Å². The number of ether oxygens (including phenoxy) is 2. The molecule has 2 aromatic rings. The van der Waals surface area contributed by atoms with Crippen molar-refractivity contribution in [2.75, 3.05) is 20.3 Å². The molecule has 1 fully saturated rings. The Morgan fingerprint density at radius 3 is 2.94 bits per heavy atom. The van der Waals surface area contributed by atoms with E-state index in [2.05, 4.69) is 16.0 Å². The zero-order valence-electron chi connectivity index (χ0n) is 9.90. The second kappa shape index (κ2) is 4.37. The lowest BCUT2D eigenvalue weighted by atomic mass is 9.90. The molecule has 0 bridgehead atoms. The SMILES string of the molecule is COc1ccc(C2CCOCC2)c2nc[nH]c12. The number of nitrogens with one attached hydrogen (secondary N) is 1. The zero-order valence-corrected chi connectivity index (χ0v) is 9.90. The number of rotatable bonds is 2. The Bertz CT molecular complexity index is 515. The van der Waals surface area contributed by atoms with E-state index in [-0.39, 0.29) is 0 Å². The minimum atomic E-state index is 0.556. The highest BCUT2D eigenvalue weighted by Crippen LogP contribution is 2.34. The van der Waals surface area contributed by atoms with Gasteiger partial charge >= 0.3 is 0 Å². The Labute approximate surface area is 100.0 Å². The van der Waals surface area contributed by atoms with Gasteiger partial charge in [-0.2, -0.15) is 0 Å². The largest absolute Gasteiger partial charge is 0.494 e. The standard InChI is InChI=1S/C13H16N2O2/c1-16-11-3-2-10(9-4-6-17-7-5-9)12-13(11)15-8-14-12/h2-3,8-9H,4-7H2,1H3,(H,14,15). The van der Waals surface area contributed by atoms with E-state index in [0.717, 1.165) is 42.8 Å². The molecule has 1 aliphatic heterocycles. The smallest absolute Gasteiger partial charge is 0.144 e. The molecule has 4 heteroatoms. The monoisotopic (exact) mass is 232 g/mol. The fourth-order valence-electron chi connectivity index (χ4n) is 2.54. The molecular formula is C13H16N2O2. The lowest BCUT2D eigenvalue weighted by Gasteiger charge is -2.22. The maximum atomic E-state index is 5.41. The number of aromatic amines is 1. The van der Waals surface area contributed by atoms with Gasteiger partial charge in [-0.15, -0.1) is 0 Å². The van der Waals surface area contributed by atoms with Crippen molar-refractivity contribution < 1.29 is 9.47 Å². The Kier molecular flexibility index (Phi) is 2.73. The van der Waals surface area contributed by atoms with Crippen molar-refractivity contribution in [1.29, 1.82) is 0 Å². The predicted octanol–water partition coefficient (Wildman–Crippen LogP) is 2.47. The van der Waals surface area contributed by atoms with Crippen LogP contribution in [0.4, 0.5) is 0 Å². The van der Waals surface area contributed by atoms with E-state index in [1.165, 1.54) is 5.56 Å². The van der Waals surface area contributed by atoms with E-state index in [4.69, 9.17) is 9.47 Å². The number of aromatic nitrogens is 2. The van der Waals surface area contributed by atoms with Crippen LogP contribution in [0.3, 0.4) is 0 Å². The van der Waals surface area contributed by atoms with Crippen molar-refractivity contribution in [1.82, 2.24) is 9.97 Å². The van der Waals surface area contributed by atoms with Crippen molar-refractivity contribution in [3.63, 3.8) is 0 Å². The maximum Gasteiger partial charge on any atom is 0.144 e. The van der Waals surface area contributed by atoms with Crippen LogP contribution < -0.4 is 4.74 Å². The average Bonchev–Trinajstić information content (AvgIpc) is 2.88. The third-order valence-electron chi connectivity index (χ3n) is 3.45. The molecule has 2 heterocycles. The molecule has 0 spiro atoms. The first kappa shape index (κ1) is 10.6. The molecular weight excluding hydrogens is 216 g/mol. The average molecular weight is 232 g/mol. The Morgan fingerprint density at radius 1 is 1.35 bits per heavy atom. The van der Waals surface area contributed by atoms with Crippen molar-refractivity contribution >= 4 is 11.0 Å². The first-order valence-electron chi connectivity index (χ1n) is 5.98. The summed E-state index contributed by atoms with van der Waals surface area (Å²) in [5, 5.41) is 0. The normalized spacial score (nSPS) is 17.5. The Balaban J connectivity index is 2.07. The number of fused-ring (bicyclic) bond motifs is 1. The number of imidazole rings is 1. The minimum Gasteiger partial charge on any atom is -0.494 e. The summed E-state index contributed by atoms with van der Waals surface area (Å²) in [5.41, 5.74) is 3.35. The fourth-order valence-corrected chi connectivity index (χ4v) is 2.54. The predicted molar refractivity (Wildman–Crippen MR) is 65.4 cm³/mol. The van der Waals surface area contributed by atoms with E-state index < -0.39 is 0 Å². The van der Waals surface area contributed by atoms with E-state index in [0.29, 0.717) is 5.92 Å². The summed E-state index contributed by atoms with van der Waals surface area (Å²) in [5.74, 6) is 1.41. The molecule has 0 unspecified atom stereocenters. The summed E-state index contributed by atoms with van der Waals surface area (Å²) in [6.45, 7) is 1.70. The van der Waals surface area contributed by atoms with Crippen LogP contribution >= 0.6 is 0 Å². The molecule has 17 heavy (non-hydrogen) atoms. The van der Waals surface area contributed by atoms with Gasteiger partial charge in [-0.1, -0.05) is 6.07 Å². The fraction of sp³-hybridized carbons (Fsp3) is 0.462. The number of hydrogen-bond acceptors (Lipinski definition) is 3. The van der Waals surface area contributed by atoms with E-state index in [1.807, 2.05) is 6.07 Å². The van der Waals surface area contributed by atoms with Crippen LogP contribution in [0.5, 0.6) is 5.75 Å². The molecule has 1 aromatic carbocycles. The highest BCUT2D eigenvalue weighted by molar-refractivity contribution is 5.84. The van der Waals surface area contributed by atoms with Gasteiger partial charge in [0.05, 0.1) is 19.0 Å². The molecule has 4 nitrogen and oxygen atoms in total. The molecule has 0 amide bonds. The summed E-state index contributed by atoms with van der Waals surface area (Å²) in [6.07, 6.45) is 3.89. The molecule has 0 aliphatic carbocycles. The molecule has 1 N–H and O–H groups in total.